The second kappa shape index (κ2) is 11.5. The van der Waals surface area contributed by atoms with Gasteiger partial charge in [0.05, 0.1) is 12.0 Å². The van der Waals surface area contributed by atoms with Crippen LogP contribution < -0.4 is 10.6 Å². The Balaban J connectivity index is 2.62. The highest BCUT2D eigenvalue weighted by molar-refractivity contribution is 5.84. The van der Waals surface area contributed by atoms with Gasteiger partial charge in [-0.2, -0.15) is 0 Å². The van der Waals surface area contributed by atoms with Crippen LogP contribution in [0.1, 0.15) is 66.7 Å². The first-order valence-corrected chi connectivity index (χ1v) is 10.7. The Morgan fingerprint density at radius 3 is 2.15 bits per heavy atom. The van der Waals surface area contributed by atoms with Gasteiger partial charge < -0.3 is 15.5 Å². The molecule has 0 aromatic heterocycles. The predicted octanol–water partition coefficient (Wildman–Crippen LogP) is 2.70. The number of carbonyl (C=O) groups excluding carboxylic acids is 1. The quantitative estimate of drug-likeness (QED) is 0.347. The number of guanidine groups is 1. The molecular formula is C21H43N5O. The first kappa shape index (κ1) is 23.7. The summed E-state index contributed by atoms with van der Waals surface area (Å²) in [6.07, 6.45) is 5.22. The van der Waals surface area contributed by atoms with E-state index in [4.69, 9.17) is 4.99 Å². The molecule has 0 radical (unpaired) electrons. The first-order chi connectivity index (χ1) is 12.7. The lowest BCUT2D eigenvalue weighted by Crippen LogP contribution is -2.44. The van der Waals surface area contributed by atoms with E-state index < -0.39 is 0 Å². The van der Waals surface area contributed by atoms with Gasteiger partial charge in [0.2, 0.25) is 5.91 Å². The molecule has 1 fully saturated rings. The van der Waals surface area contributed by atoms with Crippen LogP contribution in [-0.4, -0.2) is 74.0 Å². The summed E-state index contributed by atoms with van der Waals surface area (Å²) in [7, 11) is 3.70. The molecule has 0 atom stereocenters. The predicted molar refractivity (Wildman–Crippen MR) is 115 cm³/mol. The topological polar surface area (TPSA) is 60.0 Å². The zero-order valence-electron chi connectivity index (χ0n) is 18.8. The smallest absolute Gasteiger partial charge is 0.230 e. The van der Waals surface area contributed by atoms with Gasteiger partial charge in [-0.25, -0.2) is 0 Å². The maximum atomic E-state index is 12.7. The van der Waals surface area contributed by atoms with Gasteiger partial charge in [0.15, 0.2) is 5.96 Å². The van der Waals surface area contributed by atoms with Gasteiger partial charge in [0.25, 0.3) is 0 Å². The van der Waals surface area contributed by atoms with Crippen LogP contribution in [0.3, 0.4) is 0 Å². The molecule has 1 saturated carbocycles. The molecule has 0 aliphatic heterocycles. The molecule has 0 aromatic rings. The molecule has 0 bridgehead atoms. The van der Waals surface area contributed by atoms with E-state index >= 15 is 0 Å². The van der Waals surface area contributed by atoms with Crippen LogP contribution in [0.25, 0.3) is 0 Å². The zero-order chi connectivity index (χ0) is 20.4. The second-order valence-electron chi connectivity index (χ2n) is 8.59. The SMILES string of the molecule is CCNC(=NCC1(C(=O)N(C)C)CCCC1)NCCCN(C(C)C)C(C)C. The average Bonchev–Trinajstić information content (AvgIpc) is 3.07. The fraction of sp³-hybridized carbons (Fsp3) is 0.905. The zero-order valence-corrected chi connectivity index (χ0v) is 18.8. The summed E-state index contributed by atoms with van der Waals surface area (Å²) < 4.78 is 0. The first-order valence-electron chi connectivity index (χ1n) is 10.7. The minimum Gasteiger partial charge on any atom is -0.357 e. The molecule has 1 amide bonds. The molecule has 1 aliphatic carbocycles. The molecule has 0 heterocycles. The maximum absolute atomic E-state index is 12.7. The van der Waals surface area contributed by atoms with Crippen LogP contribution in [0.4, 0.5) is 0 Å². The van der Waals surface area contributed by atoms with Crippen LogP contribution in [0.15, 0.2) is 4.99 Å². The Kier molecular flexibility index (Phi) is 10.1. The lowest BCUT2D eigenvalue weighted by atomic mass is 9.85. The van der Waals surface area contributed by atoms with Crippen LogP contribution in [0.5, 0.6) is 0 Å². The third kappa shape index (κ3) is 7.32. The lowest BCUT2D eigenvalue weighted by molar-refractivity contribution is -0.138. The van der Waals surface area contributed by atoms with Crippen LogP contribution in [0.2, 0.25) is 0 Å². The van der Waals surface area contributed by atoms with Crippen molar-refractivity contribution in [1.82, 2.24) is 20.4 Å². The fourth-order valence-corrected chi connectivity index (χ4v) is 4.12. The highest BCUT2D eigenvalue weighted by Gasteiger charge is 2.42. The lowest BCUT2D eigenvalue weighted by Gasteiger charge is -2.30. The average molecular weight is 382 g/mol. The third-order valence-corrected chi connectivity index (χ3v) is 5.52. The molecule has 6 heteroatoms. The van der Waals surface area contributed by atoms with Crippen molar-refractivity contribution in [3.05, 3.63) is 0 Å². The molecule has 2 N–H and O–H groups in total. The number of nitrogens with one attached hydrogen (secondary N) is 2. The molecule has 158 valence electrons. The van der Waals surface area contributed by atoms with E-state index in [0.717, 1.165) is 57.7 Å². The van der Waals surface area contributed by atoms with Crippen molar-refractivity contribution in [3.8, 4) is 0 Å². The van der Waals surface area contributed by atoms with Gasteiger partial charge >= 0.3 is 0 Å². The second-order valence-corrected chi connectivity index (χ2v) is 8.59. The summed E-state index contributed by atoms with van der Waals surface area (Å²) >= 11 is 0. The van der Waals surface area contributed by atoms with Crippen molar-refractivity contribution in [1.29, 1.82) is 0 Å². The van der Waals surface area contributed by atoms with Gasteiger partial charge in [0.1, 0.15) is 0 Å². The molecule has 6 nitrogen and oxygen atoms in total. The molecule has 1 rings (SSSR count). The summed E-state index contributed by atoms with van der Waals surface area (Å²) in [5.74, 6) is 1.06. The van der Waals surface area contributed by atoms with E-state index in [1.165, 1.54) is 0 Å². The summed E-state index contributed by atoms with van der Waals surface area (Å²) in [5.41, 5.74) is -0.308. The van der Waals surface area contributed by atoms with E-state index in [1.807, 2.05) is 14.1 Å². The number of nitrogens with zero attached hydrogens (tertiary/aromatic N) is 3. The normalized spacial score (nSPS) is 17.0. The maximum Gasteiger partial charge on any atom is 0.230 e. The van der Waals surface area contributed by atoms with Gasteiger partial charge in [-0.3, -0.25) is 14.7 Å². The van der Waals surface area contributed by atoms with Crippen molar-refractivity contribution in [2.24, 2.45) is 10.4 Å². The Morgan fingerprint density at radius 1 is 1.07 bits per heavy atom. The number of rotatable bonds is 10. The molecule has 0 unspecified atom stereocenters. The standard InChI is InChI=1S/C21H43N5O/c1-8-22-20(23-14-11-15-26(17(2)3)18(4)5)24-16-21(12-9-10-13-21)19(27)25(6)7/h17-18H,8-16H2,1-7H3,(H2,22,23,24). The summed E-state index contributed by atoms with van der Waals surface area (Å²) in [5, 5.41) is 6.78. The molecule has 0 aromatic carbocycles. The van der Waals surface area contributed by atoms with Gasteiger partial charge in [-0.05, 0) is 53.9 Å². The molecule has 0 spiro atoms. The van der Waals surface area contributed by atoms with Gasteiger partial charge in [0, 0.05) is 45.8 Å². The van der Waals surface area contributed by atoms with Crippen LogP contribution >= 0.6 is 0 Å². The summed E-state index contributed by atoms with van der Waals surface area (Å²) in [6.45, 7) is 14.4. The van der Waals surface area contributed by atoms with Gasteiger partial charge in [-0.1, -0.05) is 12.8 Å². The van der Waals surface area contributed by atoms with Gasteiger partial charge in [-0.15, -0.1) is 0 Å². The van der Waals surface area contributed by atoms with E-state index in [1.54, 1.807) is 4.90 Å². The van der Waals surface area contributed by atoms with Crippen molar-refractivity contribution in [3.63, 3.8) is 0 Å². The number of hydrogen-bond acceptors (Lipinski definition) is 3. The van der Waals surface area contributed by atoms with E-state index in [9.17, 15) is 4.79 Å². The highest BCUT2D eigenvalue weighted by atomic mass is 16.2. The van der Waals surface area contributed by atoms with Crippen molar-refractivity contribution < 1.29 is 4.79 Å². The largest absolute Gasteiger partial charge is 0.357 e. The summed E-state index contributed by atoms with van der Waals surface area (Å²) in [4.78, 5) is 21.7. The summed E-state index contributed by atoms with van der Waals surface area (Å²) in [6, 6.07) is 1.12. The van der Waals surface area contributed by atoms with Crippen molar-refractivity contribution >= 4 is 11.9 Å². The third-order valence-electron chi connectivity index (χ3n) is 5.52. The van der Waals surface area contributed by atoms with Crippen LogP contribution in [-0.2, 0) is 4.79 Å². The minimum absolute atomic E-state index is 0.226. The van der Waals surface area contributed by atoms with Crippen molar-refractivity contribution in [2.75, 3.05) is 40.3 Å². The highest BCUT2D eigenvalue weighted by Crippen LogP contribution is 2.39. The Bertz CT molecular complexity index is 459. The minimum atomic E-state index is -0.308. The van der Waals surface area contributed by atoms with Crippen molar-refractivity contribution in [2.45, 2.75) is 78.8 Å². The molecule has 27 heavy (non-hydrogen) atoms. The number of hydrogen-bond donors (Lipinski definition) is 2. The fourth-order valence-electron chi connectivity index (χ4n) is 4.12. The van der Waals surface area contributed by atoms with E-state index in [2.05, 4.69) is 50.2 Å². The number of amides is 1. The van der Waals surface area contributed by atoms with Crippen LogP contribution in [0, 0.1) is 5.41 Å². The monoisotopic (exact) mass is 381 g/mol. The Hall–Kier alpha value is -1.30. The van der Waals surface area contributed by atoms with E-state index in [0.29, 0.717) is 18.6 Å². The number of carbonyl (C=O) groups is 1. The molecule has 0 saturated heterocycles. The Labute approximate surface area is 167 Å². The van der Waals surface area contributed by atoms with E-state index in [-0.39, 0.29) is 11.3 Å². The molecular weight excluding hydrogens is 338 g/mol. The number of aliphatic imine (C=N–C) groups is 1. The molecule has 1 aliphatic rings. The Morgan fingerprint density at radius 2 is 1.67 bits per heavy atom.